The van der Waals surface area contributed by atoms with Crippen molar-refractivity contribution < 1.29 is 0 Å². The number of hydrogen-bond acceptors (Lipinski definition) is 3. The van der Waals surface area contributed by atoms with Crippen molar-refractivity contribution in [2.75, 3.05) is 6.54 Å². The molecule has 4 nitrogen and oxygen atoms in total. The Morgan fingerprint density at radius 2 is 2.56 bits per heavy atom. The van der Waals surface area contributed by atoms with E-state index in [0.717, 1.165) is 12.4 Å². The van der Waals surface area contributed by atoms with Gasteiger partial charge in [-0.1, -0.05) is 0 Å². The number of rotatable bonds is 2. The van der Waals surface area contributed by atoms with Crippen LogP contribution in [-0.4, -0.2) is 21.3 Å². The van der Waals surface area contributed by atoms with Gasteiger partial charge in [-0.2, -0.15) is 0 Å². The summed E-state index contributed by atoms with van der Waals surface area (Å²) in [6.07, 6.45) is 1.68. The standard InChI is InChI=1S/C5H10N4/c1-5-8-7-4-9(5)3-2-6/h4H,2-3,6H2,1H3. The molecule has 2 N–H and O–H groups in total. The van der Waals surface area contributed by atoms with Crippen molar-refractivity contribution in [3.8, 4) is 0 Å². The summed E-state index contributed by atoms with van der Waals surface area (Å²) in [5, 5.41) is 7.49. The van der Waals surface area contributed by atoms with Gasteiger partial charge in [-0.05, 0) is 6.92 Å². The molecule has 4 heteroatoms. The average molecular weight is 126 g/mol. The predicted molar refractivity (Wildman–Crippen MR) is 33.8 cm³/mol. The van der Waals surface area contributed by atoms with E-state index in [0.29, 0.717) is 6.54 Å². The highest BCUT2D eigenvalue weighted by Gasteiger charge is 1.93. The SMILES string of the molecule is Cc1nncn1CCN. The molecule has 0 radical (unpaired) electrons. The molecule has 1 aromatic rings. The first kappa shape index (κ1) is 6.22. The second kappa shape index (κ2) is 2.59. The smallest absolute Gasteiger partial charge is 0.129 e. The molecule has 0 unspecified atom stereocenters. The van der Waals surface area contributed by atoms with E-state index >= 15 is 0 Å². The Hall–Kier alpha value is -0.900. The Bertz CT molecular complexity index is 181. The quantitative estimate of drug-likeness (QED) is 0.583. The van der Waals surface area contributed by atoms with E-state index in [4.69, 9.17) is 5.73 Å². The average Bonchev–Trinajstić information content (AvgIpc) is 2.18. The van der Waals surface area contributed by atoms with Crippen molar-refractivity contribution >= 4 is 0 Å². The van der Waals surface area contributed by atoms with Gasteiger partial charge < -0.3 is 10.3 Å². The first-order chi connectivity index (χ1) is 4.34. The van der Waals surface area contributed by atoms with Crippen LogP contribution in [0.25, 0.3) is 0 Å². The normalized spacial score (nSPS) is 10.0. The fourth-order valence-electron chi connectivity index (χ4n) is 0.671. The minimum Gasteiger partial charge on any atom is -0.329 e. The van der Waals surface area contributed by atoms with Gasteiger partial charge in [0.25, 0.3) is 0 Å². The Labute approximate surface area is 53.7 Å². The summed E-state index contributed by atoms with van der Waals surface area (Å²) >= 11 is 0. The summed E-state index contributed by atoms with van der Waals surface area (Å²) in [6, 6.07) is 0. The first-order valence-electron chi connectivity index (χ1n) is 2.89. The number of aromatic nitrogens is 3. The number of nitrogens with two attached hydrogens (primary N) is 1. The van der Waals surface area contributed by atoms with Crippen LogP contribution in [0, 0.1) is 6.92 Å². The van der Waals surface area contributed by atoms with E-state index in [1.54, 1.807) is 6.33 Å². The lowest BCUT2D eigenvalue weighted by Gasteiger charge is -1.97. The molecule has 0 bridgehead atoms. The molecule has 0 amide bonds. The Kier molecular flexibility index (Phi) is 1.79. The third-order valence-corrected chi connectivity index (χ3v) is 1.18. The molecular formula is C5H10N4. The largest absolute Gasteiger partial charge is 0.329 e. The third-order valence-electron chi connectivity index (χ3n) is 1.18. The van der Waals surface area contributed by atoms with Gasteiger partial charge in [0.05, 0.1) is 0 Å². The van der Waals surface area contributed by atoms with Crippen LogP contribution in [0.1, 0.15) is 5.82 Å². The van der Waals surface area contributed by atoms with E-state index in [2.05, 4.69) is 10.2 Å². The van der Waals surface area contributed by atoms with Gasteiger partial charge in [0.2, 0.25) is 0 Å². The summed E-state index contributed by atoms with van der Waals surface area (Å²) in [7, 11) is 0. The van der Waals surface area contributed by atoms with E-state index in [1.807, 2.05) is 11.5 Å². The molecule has 0 aromatic carbocycles. The molecule has 9 heavy (non-hydrogen) atoms. The van der Waals surface area contributed by atoms with Crippen LogP contribution in [0.5, 0.6) is 0 Å². The number of aryl methyl sites for hydroxylation is 1. The van der Waals surface area contributed by atoms with Crippen LogP contribution in [0.3, 0.4) is 0 Å². The maximum Gasteiger partial charge on any atom is 0.129 e. The number of hydrogen-bond donors (Lipinski definition) is 1. The maximum atomic E-state index is 5.31. The molecule has 1 heterocycles. The van der Waals surface area contributed by atoms with Gasteiger partial charge in [0.15, 0.2) is 0 Å². The Morgan fingerprint density at radius 1 is 1.78 bits per heavy atom. The van der Waals surface area contributed by atoms with Crippen LogP contribution in [-0.2, 0) is 6.54 Å². The van der Waals surface area contributed by atoms with Crippen molar-refractivity contribution in [2.45, 2.75) is 13.5 Å². The second-order valence-electron chi connectivity index (χ2n) is 1.86. The van der Waals surface area contributed by atoms with Crippen LogP contribution in [0.4, 0.5) is 0 Å². The highest BCUT2D eigenvalue weighted by atomic mass is 15.3. The van der Waals surface area contributed by atoms with Crippen molar-refractivity contribution in [2.24, 2.45) is 5.73 Å². The van der Waals surface area contributed by atoms with Crippen molar-refractivity contribution in [1.29, 1.82) is 0 Å². The van der Waals surface area contributed by atoms with E-state index in [1.165, 1.54) is 0 Å². The minimum atomic E-state index is 0.638. The van der Waals surface area contributed by atoms with Gasteiger partial charge in [0.1, 0.15) is 12.2 Å². The first-order valence-corrected chi connectivity index (χ1v) is 2.89. The third kappa shape index (κ3) is 1.26. The summed E-state index contributed by atoms with van der Waals surface area (Å²) in [5.41, 5.74) is 5.31. The molecule has 50 valence electrons. The van der Waals surface area contributed by atoms with Crippen molar-refractivity contribution in [3.63, 3.8) is 0 Å². The Morgan fingerprint density at radius 3 is 3.00 bits per heavy atom. The van der Waals surface area contributed by atoms with Crippen LogP contribution in [0.2, 0.25) is 0 Å². The minimum absolute atomic E-state index is 0.638. The highest BCUT2D eigenvalue weighted by Crippen LogP contribution is 1.88. The van der Waals surface area contributed by atoms with Crippen molar-refractivity contribution in [3.05, 3.63) is 12.2 Å². The summed E-state index contributed by atoms with van der Waals surface area (Å²) in [6.45, 7) is 3.35. The lowest BCUT2D eigenvalue weighted by atomic mass is 10.6. The molecular weight excluding hydrogens is 116 g/mol. The molecule has 0 atom stereocenters. The molecule has 0 aliphatic heterocycles. The summed E-state index contributed by atoms with van der Waals surface area (Å²) in [4.78, 5) is 0. The zero-order valence-corrected chi connectivity index (χ0v) is 5.41. The van der Waals surface area contributed by atoms with E-state index in [-0.39, 0.29) is 0 Å². The van der Waals surface area contributed by atoms with Crippen LogP contribution in [0.15, 0.2) is 6.33 Å². The Balaban J connectivity index is 2.69. The monoisotopic (exact) mass is 126 g/mol. The molecule has 0 saturated carbocycles. The van der Waals surface area contributed by atoms with Gasteiger partial charge in [-0.15, -0.1) is 10.2 Å². The van der Waals surface area contributed by atoms with E-state index < -0.39 is 0 Å². The predicted octanol–water partition coefficient (Wildman–Crippen LogP) is -0.455. The second-order valence-corrected chi connectivity index (χ2v) is 1.86. The van der Waals surface area contributed by atoms with E-state index in [9.17, 15) is 0 Å². The lowest BCUT2D eigenvalue weighted by molar-refractivity contribution is 0.683. The van der Waals surface area contributed by atoms with Gasteiger partial charge in [-0.3, -0.25) is 0 Å². The summed E-state index contributed by atoms with van der Waals surface area (Å²) in [5.74, 6) is 0.917. The van der Waals surface area contributed by atoms with Crippen LogP contribution < -0.4 is 5.73 Å². The molecule has 0 fully saturated rings. The molecule has 0 aliphatic rings. The number of nitrogens with zero attached hydrogens (tertiary/aromatic N) is 3. The molecule has 0 saturated heterocycles. The topological polar surface area (TPSA) is 56.7 Å². The fourth-order valence-corrected chi connectivity index (χ4v) is 0.671. The van der Waals surface area contributed by atoms with Crippen LogP contribution >= 0.6 is 0 Å². The highest BCUT2D eigenvalue weighted by molar-refractivity contribution is 4.79. The fraction of sp³-hybridized carbons (Fsp3) is 0.600. The lowest BCUT2D eigenvalue weighted by Crippen LogP contribution is -2.10. The zero-order valence-electron chi connectivity index (χ0n) is 5.41. The maximum absolute atomic E-state index is 5.31. The molecule has 0 spiro atoms. The van der Waals surface area contributed by atoms with Gasteiger partial charge >= 0.3 is 0 Å². The zero-order chi connectivity index (χ0) is 6.69. The molecule has 1 rings (SSSR count). The molecule has 0 aliphatic carbocycles. The summed E-state index contributed by atoms with van der Waals surface area (Å²) < 4.78 is 1.92. The van der Waals surface area contributed by atoms with Gasteiger partial charge in [-0.25, -0.2) is 0 Å². The van der Waals surface area contributed by atoms with Gasteiger partial charge in [0, 0.05) is 13.1 Å². The van der Waals surface area contributed by atoms with Crippen molar-refractivity contribution in [1.82, 2.24) is 14.8 Å². The molecule has 1 aromatic heterocycles.